The van der Waals surface area contributed by atoms with E-state index in [1.54, 1.807) is 12.4 Å². The molecule has 8 heteroatoms. The first-order valence-corrected chi connectivity index (χ1v) is 12.4. The summed E-state index contributed by atoms with van der Waals surface area (Å²) >= 11 is 0. The molecule has 0 unspecified atom stereocenters. The van der Waals surface area contributed by atoms with Crippen molar-refractivity contribution in [3.8, 4) is 11.3 Å². The fraction of sp³-hybridized carbons (Fsp3) is 0.310. The Morgan fingerprint density at radius 2 is 1.95 bits per heavy atom. The molecule has 0 bridgehead atoms. The zero-order chi connectivity index (χ0) is 26.0. The molecule has 0 saturated carbocycles. The molecule has 1 aliphatic rings. The molecule has 0 fully saturated rings. The monoisotopic (exact) mass is 497 g/mol. The number of carbonyl (C=O) groups excluding carboxylic acids is 2. The maximum Gasteiger partial charge on any atom is 0.251 e. The lowest BCUT2D eigenvalue weighted by atomic mass is 9.75. The highest BCUT2D eigenvalue weighted by molar-refractivity contribution is 6.02. The number of H-pyrrole nitrogens is 1. The third kappa shape index (κ3) is 5.54. The highest BCUT2D eigenvalue weighted by Gasteiger charge is 2.35. The van der Waals surface area contributed by atoms with Gasteiger partial charge in [0.15, 0.2) is 5.78 Å². The van der Waals surface area contributed by atoms with Gasteiger partial charge in [0, 0.05) is 55.3 Å². The molecule has 1 amide bonds. The Morgan fingerprint density at radius 1 is 1.14 bits per heavy atom. The third-order valence-corrected chi connectivity index (χ3v) is 6.68. The molecule has 8 nitrogen and oxygen atoms in total. The summed E-state index contributed by atoms with van der Waals surface area (Å²) in [5.74, 6) is 1.04. The normalized spacial score (nSPS) is 14.4. The largest absolute Gasteiger partial charge is 0.364 e. The number of hydrogen-bond donors (Lipinski definition) is 2. The van der Waals surface area contributed by atoms with Gasteiger partial charge < -0.3 is 19.6 Å². The Bertz CT molecular complexity index is 1440. The van der Waals surface area contributed by atoms with Gasteiger partial charge in [0.05, 0.1) is 5.69 Å². The average molecular weight is 498 g/mol. The number of rotatable bonds is 8. The topological polar surface area (TPSA) is 102 Å². The van der Waals surface area contributed by atoms with Crippen molar-refractivity contribution < 1.29 is 14.3 Å². The Morgan fingerprint density at radius 3 is 2.70 bits per heavy atom. The molecule has 4 aromatic rings. The highest BCUT2D eigenvalue weighted by Crippen LogP contribution is 2.40. The molecule has 190 valence electrons. The lowest BCUT2D eigenvalue weighted by molar-refractivity contribution is -0.121. The number of imidazole rings is 1. The van der Waals surface area contributed by atoms with Crippen molar-refractivity contribution in [2.45, 2.75) is 39.7 Å². The van der Waals surface area contributed by atoms with E-state index in [4.69, 9.17) is 4.74 Å². The molecule has 37 heavy (non-hydrogen) atoms. The van der Waals surface area contributed by atoms with Crippen LogP contribution >= 0.6 is 0 Å². The molecule has 0 aliphatic heterocycles. The first-order chi connectivity index (χ1) is 17.8. The second-order valence-electron chi connectivity index (χ2n) is 10.4. The standard InChI is InChI=1S/C29H31N5O3/c1-29(2)15-22-27(23(35)16-29)21(13-19-7-5-4-6-8-19)28(32-22)20-9-10-30-24(14-20)33-26(36)18-37-17-25-31-11-12-34(25)3/h4-12,14,32H,13,15-18H2,1-3H3,(H,30,33,36). The van der Waals surface area contributed by atoms with Crippen LogP contribution in [0.3, 0.4) is 0 Å². The number of fused-ring (bicyclic) bond motifs is 1. The van der Waals surface area contributed by atoms with Gasteiger partial charge in [-0.2, -0.15) is 0 Å². The number of aromatic nitrogens is 4. The van der Waals surface area contributed by atoms with E-state index < -0.39 is 0 Å². The van der Waals surface area contributed by atoms with Crippen LogP contribution in [0.2, 0.25) is 0 Å². The van der Waals surface area contributed by atoms with Crippen molar-refractivity contribution in [1.82, 2.24) is 19.5 Å². The van der Waals surface area contributed by atoms with Gasteiger partial charge in [-0.25, -0.2) is 9.97 Å². The molecular formula is C29H31N5O3. The zero-order valence-corrected chi connectivity index (χ0v) is 21.4. The van der Waals surface area contributed by atoms with Crippen molar-refractivity contribution in [2.24, 2.45) is 12.5 Å². The van der Waals surface area contributed by atoms with Crippen LogP contribution in [-0.2, 0) is 36.0 Å². The molecule has 3 heterocycles. The molecule has 5 rings (SSSR count). The van der Waals surface area contributed by atoms with Gasteiger partial charge >= 0.3 is 0 Å². The van der Waals surface area contributed by atoms with Crippen molar-refractivity contribution in [1.29, 1.82) is 0 Å². The van der Waals surface area contributed by atoms with E-state index in [1.807, 2.05) is 48.1 Å². The Balaban J connectivity index is 1.39. The summed E-state index contributed by atoms with van der Waals surface area (Å²) in [5, 5.41) is 2.82. The van der Waals surface area contributed by atoms with Crippen LogP contribution in [0.15, 0.2) is 61.1 Å². The maximum absolute atomic E-state index is 13.3. The van der Waals surface area contributed by atoms with Gasteiger partial charge in [-0.15, -0.1) is 0 Å². The smallest absolute Gasteiger partial charge is 0.251 e. The van der Waals surface area contributed by atoms with Crippen LogP contribution in [0.5, 0.6) is 0 Å². The van der Waals surface area contributed by atoms with Crippen LogP contribution in [-0.4, -0.2) is 37.8 Å². The summed E-state index contributed by atoms with van der Waals surface area (Å²) in [7, 11) is 1.88. The summed E-state index contributed by atoms with van der Waals surface area (Å²) < 4.78 is 7.36. The van der Waals surface area contributed by atoms with Gasteiger partial charge in [0.1, 0.15) is 24.9 Å². The van der Waals surface area contributed by atoms with E-state index in [-0.39, 0.29) is 30.3 Å². The molecule has 3 aromatic heterocycles. The summed E-state index contributed by atoms with van der Waals surface area (Å²) in [6.07, 6.45) is 7.14. The second kappa shape index (κ2) is 10.1. The fourth-order valence-electron chi connectivity index (χ4n) is 4.96. The van der Waals surface area contributed by atoms with Crippen molar-refractivity contribution in [3.63, 3.8) is 0 Å². The van der Waals surface area contributed by atoms with E-state index in [2.05, 4.69) is 46.2 Å². The SMILES string of the molecule is Cn1ccnc1COCC(=O)Nc1cc(-c2[nH]c3c(c2Cc2ccccc2)C(=O)CC(C)(C)C3)ccn1. The van der Waals surface area contributed by atoms with Crippen molar-refractivity contribution in [2.75, 3.05) is 11.9 Å². The number of Topliss-reactive ketones (excluding diaryl/α,β-unsaturated/α-hetero) is 1. The van der Waals surface area contributed by atoms with Crippen LogP contribution < -0.4 is 5.32 Å². The molecule has 1 aliphatic carbocycles. The van der Waals surface area contributed by atoms with Gasteiger partial charge in [-0.05, 0) is 35.1 Å². The lowest BCUT2D eigenvalue weighted by Crippen LogP contribution is -2.27. The van der Waals surface area contributed by atoms with E-state index in [0.717, 1.165) is 45.9 Å². The van der Waals surface area contributed by atoms with E-state index in [9.17, 15) is 9.59 Å². The number of carbonyl (C=O) groups is 2. The second-order valence-corrected chi connectivity index (χ2v) is 10.4. The van der Waals surface area contributed by atoms with Crippen LogP contribution in [0.4, 0.5) is 5.82 Å². The zero-order valence-electron chi connectivity index (χ0n) is 21.4. The minimum Gasteiger partial charge on any atom is -0.364 e. The van der Waals surface area contributed by atoms with Crippen LogP contribution in [0, 0.1) is 5.41 Å². The number of benzene rings is 1. The number of anilines is 1. The van der Waals surface area contributed by atoms with Gasteiger partial charge in [0.25, 0.3) is 5.91 Å². The van der Waals surface area contributed by atoms with Gasteiger partial charge in [0.2, 0.25) is 0 Å². The quantitative estimate of drug-likeness (QED) is 0.367. The molecule has 0 radical (unpaired) electrons. The van der Waals surface area contributed by atoms with Crippen molar-refractivity contribution >= 4 is 17.5 Å². The molecule has 2 N–H and O–H groups in total. The molecule has 1 aromatic carbocycles. The summed E-state index contributed by atoms with van der Waals surface area (Å²) in [6.45, 7) is 4.38. The van der Waals surface area contributed by atoms with E-state index in [0.29, 0.717) is 18.7 Å². The van der Waals surface area contributed by atoms with E-state index >= 15 is 0 Å². The number of aryl methyl sites for hydroxylation is 1. The Hall–Kier alpha value is -4.04. The first-order valence-electron chi connectivity index (χ1n) is 12.4. The van der Waals surface area contributed by atoms with Gasteiger partial charge in [-0.3, -0.25) is 9.59 Å². The molecule has 0 saturated heterocycles. The lowest BCUT2D eigenvalue weighted by Gasteiger charge is -2.28. The number of aromatic amines is 1. The minimum atomic E-state index is -0.300. The predicted molar refractivity (Wildman–Crippen MR) is 141 cm³/mol. The average Bonchev–Trinajstić information content (AvgIpc) is 3.42. The number of ether oxygens (including phenoxy) is 1. The third-order valence-electron chi connectivity index (χ3n) is 6.68. The van der Waals surface area contributed by atoms with Gasteiger partial charge in [-0.1, -0.05) is 44.2 Å². The first kappa shape index (κ1) is 24.6. The van der Waals surface area contributed by atoms with Crippen LogP contribution in [0.25, 0.3) is 11.3 Å². The number of hydrogen-bond acceptors (Lipinski definition) is 5. The maximum atomic E-state index is 13.3. The number of pyridine rings is 1. The summed E-state index contributed by atoms with van der Waals surface area (Å²) in [5.41, 5.74) is 5.58. The number of nitrogens with zero attached hydrogens (tertiary/aromatic N) is 3. The molecule has 0 spiro atoms. The van der Waals surface area contributed by atoms with Crippen LogP contribution in [0.1, 0.15) is 53.3 Å². The van der Waals surface area contributed by atoms with Crippen molar-refractivity contribution in [3.05, 3.63) is 89.3 Å². The number of nitrogens with one attached hydrogen (secondary N) is 2. The van der Waals surface area contributed by atoms with E-state index in [1.165, 1.54) is 0 Å². The minimum absolute atomic E-state index is 0.0947. The molecule has 0 atom stereocenters. The predicted octanol–water partition coefficient (Wildman–Crippen LogP) is 4.71. The summed E-state index contributed by atoms with van der Waals surface area (Å²) in [6, 6.07) is 13.9. The summed E-state index contributed by atoms with van der Waals surface area (Å²) in [4.78, 5) is 37.8. The fourth-order valence-corrected chi connectivity index (χ4v) is 4.96. The Labute approximate surface area is 216 Å². The highest BCUT2D eigenvalue weighted by atomic mass is 16.5. The molecular weight excluding hydrogens is 466 g/mol. The number of amides is 1. The number of ketones is 1. The Kier molecular flexibility index (Phi) is 6.76.